The van der Waals surface area contributed by atoms with Crippen molar-refractivity contribution in [2.24, 2.45) is 11.7 Å². The van der Waals surface area contributed by atoms with E-state index < -0.39 is 6.04 Å². The molecule has 0 saturated carbocycles. The Morgan fingerprint density at radius 2 is 1.73 bits per heavy atom. The summed E-state index contributed by atoms with van der Waals surface area (Å²) in [4.78, 5) is 25.5. The first-order valence-corrected chi connectivity index (χ1v) is 12.0. The van der Waals surface area contributed by atoms with E-state index in [0.29, 0.717) is 30.2 Å². The number of hydrogen-bond acceptors (Lipinski definition) is 5. The van der Waals surface area contributed by atoms with Crippen molar-refractivity contribution in [1.29, 1.82) is 0 Å². The number of amides is 1. The fourth-order valence-electron chi connectivity index (χ4n) is 3.88. The van der Waals surface area contributed by atoms with Gasteiger partial charge in [-0.3, -0.25) is 9.59 Å². The number of ketones is 1. The van der Waals surface area contributed by atoms with Gasteiger partial charge < -0.3 is 16.4 Å². The molecule has 0 spiro atoms. The minimum absolute atomic E-state index is 0.0391. The van der Waals surface area contributed by atoms with Crippen LogP contribution in [0, 0.1) is 5.92 Å². The summed E-state index contributed by atoms with van der Waals surface area (Å²) in [5.74, 6) is 0.575. The van der Waals surface area contributed by atoms with E-state index in [-0.39, 0.29) is 17.7 Å². The van der Waals surface area contributed by atoms with Crippen LogP contribution in [-0.4, -0.2) is 36.1 Å². The quantitative estimate of drug-likeness (QED) is 0.322. The molecule has 0 unspecified atom stereocenters. The molecule has 0 radical (unpaired) electrons. The van der Waals surface area contributed by atoms with Crippen molar-refractivity contribution in [3.63, 3.8) is 0 Å². The summed E-state index contributed by atoms with van der Waals surface area (Å²) in [5.41, 5.74) is 9.18. The zero-order valence-electron chi connectivity index (χ0n) is 19.5. The molecule has 0 aliphatic carbocycles. The van der Waals surface area contributed by atoms with Crippen LogP contribution in [-0.2, 0) is 4.79 Å². The Morgan fingerprint density at radius 3 is 2.42 bits per heavy atom. The lowest BCUT2D eigenvalue weighted by Gasteiger charge is -2.20. The summed E-state index contributed by atoms with van der Waals surface area (Å²) >= 11 is 4.25. The molecule has 0 aromatic heterocycles. The number of carbonyl (C=O) groups excluding carboxylic acids is 2. The SMILES string of the molecule is CC(=O)[C@H](CC(C)C)NC(=O)c1ccc(NC[C@@H](N)CS)cc1-c1cccc2ccccc12. The van der Waals surface area contributed by atoms with Gasteiger partial charge in [-0.15, -0.1) is 0 Å². The van der Waals surface area contributed by atoms with Crippen LogP contribution in [0.4, 0.5) is 5.69 Å². The minimum Gasteiger partial charge on any atom is -0.383 e. The molecule has 0 saturated heterocycles. The first-order chi connectivity index (χ1) is 15.8. The van der Waals surface area contributed by atoms with Gasteiger partial charge in [-0.05, 0) is 59.4 Å². The number of Topliss-reactive ketones (excluding diaryl/α,β-unsaturated/α-hetero) is 1. The van der Waals surface area contributed by atoms with Crippen molar-refractivity contribution in [2.45, 2.75) is 39.3 Å². The Hall–Kier alpha value is -2.83. The van der Waals surface area contributed by atoms with Gasteiger partial charge in [0, 0.05) is 29.6 Å². The summed E-state index contributed by atoms with van der Waals surface area (Å²) in [5, 5.41) is 8.46. The number of thiol groups is 1. The molecule has 4 N–H and O–H groups in total. The molecule has 174 valence electrons. The molecule has 6 heteroatoms. The molecule has 0 heterocycles. The lowest BCUT2D eigenvalue weighted by molar-refractivity contribution is -0.119. The van der Waals surface area contributed by atoms with Gasteiger partial charge in [-0.2, -0.15) is 12.6 Å². The summed E-state index contributed by atoms with van der Waals surface area (Å²) in [6.45, 7) is 6.18. The second-order valence-electron chi connectivity index (χ2n) is 8.88. The third-order valence-electron chi connectivity index (χ3n) is 5.65. The number of fused-ring (bicyclic) bond motifs is 1. The van der Waals surface area contributed by atoms with Crippen LogP contribution >= 0.6 is 12.6 Å². The summed E-state index contributed by atoms with van der Waals surface area (Å²) in [6, 6.07) is 19.3. The lowest BCUT2D eigenvalue weighted by Crippen LogP contribution is -2.40. The summed E-state index contributed by atoms with van der Waals surface area (Å²) in [7, 11) is 0. The van der Waals surface area contributed by atoms with E-state index in [2.05, 4.69) is 41.5 Å². The Kier molecular flexibility index (Phi) is 8.53. The van der Waals surface area contributed by atoms with Gasteiger partial charge in [-0.25, -0.2) is 0 Å². The van der Waals surface area contributed by atoms with E-state index >= 15 is 0 Å². The van der Waals surface area contributed by atoms with Gasteiger partial charge in [0.1, 0.15) is 0 Å². The molecule has 0 aliphatic rings. The molecule has 3 aromatic rings. The average Bonchev–Trinajstić information content (AvgIpc) is 2.81. The van der Waals surface area contributed by atoms with Gasteiger partial charge in [0.25, 0.3) is 5.91 Å². The van der Waals surface area contributed by atoms with E-state index in [1.54, 1.807) is 0 Å². The maximum Gasteiger partial charge on any atom is 0.252 e. The van der Waals surface area contributed by atoms with Crippen molar-refractivity contribution in [3.8, 4) is 11.1 Å². The fourth-order valence-corrected chi connectivity index (χ4v) is 4.01. The molecule has 33 heavy (non-hydrogen) atoms. The van der Waals surface area contributed by atoms with E-state index in [1.807, 2.05) is 56.3 Å². The highest BCUT2D eigenvalue weighted by Gasteiger charge is 2.22. The highest BCUT2D eigenvalue weighted by Crippen LogP contribution is 2.33. The molecule has 5 nitrogen and oxygen atoms in total. The Labute approximate surface area is 201 Å². The third-order valence-corrected chi connectivity index (χ3v) is 6.12. The number of carbonyl (C=O) groups is 2. The largest absolute Gasteiger partial charge is 0.383 e. The highest BCUT2D eigenvalue weighted by atomic mass is 32.1. The number of anilines is 1. The lowest BCUT2D eigenvalue weighted by atomic mass is 9.93. The number of nitrogens with one attached hydrogen (secondary N) is 2. The zero-order valence-corrected chi connectivity index (χ0v) is 20.4. The minimum atomic E-state index is -0.510. The van der Waals surface area contributed by atoms with Gasteiger partial charge in [-0.1, -0.05) is 56.3 Å². The molecule has 0 fully saturated rings. The summed E-state index contributed by atoms with van der Waals surface area (Å²) < 4.78 is 0. The van der Waals surface area contributed by atoms with Gasteiger partial charge in [0.15, 0.2) is 5.78 Å². The Morgan fingerprint density at radius 1 is 1.00 bits per heavy atom. The normalized spacial score (nSPS) is 13.0. The highest BCUT2D eigenvalue weighted by molar-refractivity contribution is 7.80. The van der Waals surface area contributed by atoms with Gasteiger partial charge in [0.05, 0.1) is 6.04 Å². The maximum atomic E-state index is 13.4. The van der Waals surface area contributed by atoms with Crippen LogP contribution < -0.4 is 16.4 Å². The Balaban J connectivity index is 2.05. The first kappa shape index (κ1) is 24.8. The second kappa shape index (κ2) is 11.3. The van der Waals surface area contributed by atoms with E-state index in [1.165, 1.54) is 6.92 Å². The summed E-state index contributed by atoms with van der Waals surface area (Å²) in [6.07, 6.45) is 0.603. The topological polar surface area (TPSA) is 84.2 Å². The number of rotatable bonds is 10. The number of benzene rings is 3. The van der Waals surface area contributed by atoms with E-state index in [0.717, 1.165) is 27.6 Å². The fraction of sp³-hybridized carbons (Fsp3) is 0.333. The van der Waals surface area contributed by atoms with Crippen LogP contribution in [0.3, 0.4) is 0 Å². The first-order valence-electron chi connectivity index (χ1n) is 11.3. The number of hydrogen-bond donors (Lipinski definition) is 4. The van der Waals surface area contributed by atoms with Crippen LogP contribution in [0.2, 0.25) is 0 Å². The van der Waals surface area contributed by atoms with E-state index in [4.69, 9.17) is 5.73 Å². The average molecular weight is 464 g/mol. The molecule has 0 bridgehead atoms. The Bertz CT molecular complexity index is 1120. The van der Waals surface area contributed by atoms with Crippen molar-refractivity contribution in [3.05, 3.63) is 66.2 Å². The van der Waals surface area contributed by atoms with Crippen LogP contribution in [0.15, 0.2) is 60.7 Å². The smallest absolute Gasteiger partial charge is 0.252 e. The molecule has 3 aromatic carbocycles. The van der Waals surface area contributed by atoms with E-state index in [9.17, 15) is 9.59 Å². The van der Waals surface area contributed by atoms with Crippen LogP contribution in [0.5, 0.6) is 0 Å². The van der Waals surface area contributed by atoms with Crippen LogP contribution in [0.1, 0.15) is 37.6 Å². The molecule has 0 aliphatic heterocycles. The van der Waals surface area contributed by atoms with Crippen molar-refractivity contribution in [1.82, 2.24) is 5.32 Å². The zero-order chi connectivity index (χ0) is 24.0. The predicted octanol–water partition coefficient (Wildman–Crippen LogP) is 4.91. The van der Waals surface area contributed by atoms with Gasteiger partial charge >= 0.3 is 0 Å². The van der Waals surface area contributed by atoms with Crippen molar-refractivity contribution < 1.29 is 9.59 Å². The van der Waals surface area contributed by atoms with Gasteiger partial charge in [0.2, 0.25) is 0 Å². The number of nitrogens with two attached hydrogens (primary N) is 1. The molecule has 2 atom stereocenters. The standard InChI is InChI=1S/C27H33N3O2S/c1-17(2)13-26(18(3)31)30-27(32)24-12-11-21(29-15-20(28)16-33)14-25(24)23-10-6-8-19-7-4-5-9-22(19)23/h4-12,14,17,20,26,29,33H,13,15-16,28H2,1-3H3,(H,30,32)/t20-,26+/m1/s1. The monoisotopic (exact) mass is 463 g/mol. The van der Waals surface area contributed by atoms with Crippen molar-refractivity contribution >= 4 is 40.8 Å². The molecular weight excluding hydrogens is 430 g/mol. The predicted molar refractivity (Wildman–Crippen MR) is 141 cm³/mol. The molecule has 1 amide bonds. The third kappa shape index (κ3) is 6.36. The van der Waals surface area contributed by atoms with Crippen LogP contribution in [0.25, 0.3) is 21.9 Å². The molecule has 3 rings (SSSR count). The second-order valence-corrected chi connectivity index (χ2v) is 9.24. The molecular formula is C27H33N3O2S. The maximum absolute atomic E-state index is 13.4. The van der Waals surface area contributed by atoms with Crippen molar-refractivity contribution in [2.75, 3.05) is 17.6 Å².